The van der Waals surface area contributed by atoms with Crippen LogP contribution in [0.25, 0.3) is 0 Å². The van der Waals surface area contributed by atoms with Crippen LogP contribution in [0.5, 0.6) is 0 Å². The van der Waals surface area contributed by atoms with Crippen molar-refractivity contribution in [2.75, 3.05) is 20.1 Å². The Morgan fingerprint density at radius 2 is 1.89 bits per heavy atom. The van der Waals surface area contributed by atoms with E-state index in [-0.39, 0.29) is 18.4 Å². The Labute approximate surface area is 113 Å². The van der Waals surface area contributed by atoms with Crippen LogP contribution in [0.2, 0.25) is 0 Å². The van der Waals surface area contributed by atoms with E-state index < -0.39 is 0 Å². The smallest absolute Gasteiger partial charge is 0.254 e. The lowest BCUT2D eigenvalue weighted by atomic mass is 10.1. The minimum Gasteiger partial charge on any atom is -0.355 e. The van der Waals surface area contributed by atoms with Gasteiger partial charge in [-0.2, -0.15) is 0 Å². The van der Waals surface area contributed by atoms with Crippen molar-refractivity contribution in [2.24, 2.45) is 5.73 Å². The molecule has 0 radical (unpaired) electrons. The van der Waals surface area contributed by atoms with E-state index in [1.165, 1.54) is 4.90 Å². The number of hydrogen-bond donors (Lipinski definition) is 2. The highest BCUT2D eigenvalue weighted by molar-refractivity contribution is 5.96. The molecule has 1 aromatic carbocycles. The van der Waals surface area contributed by atoms with Gasteiger partial charge in [0.1, 0.15) is 0 Å². The van der Waals surface area contributed by atoms with E-state index in [1.54, 1.807) is 19.2 Å². The van der Waals surface area contributed by atoms with Gasteiger partial charge in [0.05, 0.1) is 6.54 Å². The fourth-order valence-electron chi connectivity index (χ4n) is 1.61. The first-order chi connectivity index (χ1) is 9.08. The van der Waals surface area contributed by atoms with Gasteiger partial charge in [-0.25, -0.2) is 0 Å². The SMILES string of the molecule is CCCNC(=O)CN(C)C(=O)c1ccc(CN)cc1. The molecule has 19 heavy (non-hydrogen) atoms. The Morgan fingerprint density at radius 1 is 1.26 bits per heavy atom. The molecular weight excluding hydrogens is 242 g/mol. The lowest BCUT2D eigenvalue weighted by molar-refractivity contribution is -0.121. The molecule has 5 heteroatoms. The number of nitrogens with two attached hydrogens (primary N) is 1. The summed E-state index contributed by atoms with van der Waals surface area (Å²) in [6, 6.07) is 7.09. The van der Waals surface area contributed by atoms with Crippen LogP contribution in [0.1, 0.15) is 29.3 Å². The monoisotopic (exact) mass is 263 g/mol. The van der Waals surface area contributed by atoms with Crippen molar-refractivity contribution in [3.8, 4) is 0 Å². The van der Waals surface area contributed by atoms with Crippen molar-refractivity contribution in [3.05, 3.63) is 35.4 Å². The highest BCUT2D eigenvalue weighted by Gasteiger charge is 2.14. The van der Waals surface area contributed by atoms with Gasteiger partial charge in [-0.05, 0) is 24.1 Å². The molecule has 0 saturated carbocycles. The van der Waals surface area contributed by atoms with Crippen molar-refractivity contribution in [1.82, 2.24) is 10.2 Å². The third-order valence-electron chi connectivity index (χ3n) is 2.74. The van der Waals surface area contributed by atoms with Gasteiger partial charge < -0.3 is 16.0 Å². The van der Waals surface area contributed by atoms with Crippen molar-refractivity contribution < 1.29 is 9.59 Å². The van der Waals surface area contributed by atoms with Gasteiger partial charge in [0.25, 0.3) is 5.91 Å². The van der Waals surface area contributed by atoms with Gasteiger partial charge in [-0.1, -0.05) is 19.1 Å². The Hall–Kier alpha value is -1.88. The molecule has 2 amide bonds. The zero-order valence-corrected chi connectivity index (χ0v) is 11.5. The minimum atomic E-state index is -0.171. The summed E-state index contributed by atoms with van der Waals surface area (Å²) in [4.78, 5) is 25.0. The average Bonchev–Trinajstić information content (AvgIpc) is 2.44. The first-order valence-electron chi connectivity index (χ1n) is 6.39. The van der Waals surface area contributed by atoms with Gasteiger partial charge in [-0.15, -0.1) is 0 Å². The van der Waals surface area contributed by atoms with Crippen LogP contribution in [-0.4, -0.2) is 36.9 Å². The van der Waals surface area contributed by atoms with Crippen LogP contribution in [0.15, 0.2) is 24.3 Å². The quantitative estimate of drug-likeness (QED) is 0.795. The summed E-state index contributed by atoms with van der Waals surface area (Å²) in [6.07, 6.45) is 0.879. The van der Waals surface area contributed by atoms with Crippen LogP contribution >= 0.6 is 0 Å². The number of hydrogen-bond acceptors (Lipinski definition) is 3. The summed E-state index contributed by atoms with van der Waals surface area (Å²) in [5.41, 5.74) is 7.03. The number of nitrogens with zero attached hydrogens (tertiary/aromatic N) is 1. The Balaban J connectivity index is 2.58. The number of benzene rings is 1. The van der Waals surface area contributed by atoms with Crippen molar-refractivity contribution >= 4 is 11.8 Å². The highest BCUT2D eigenvalue weighted by Crippen LogP contribution is 2.06. The molecule has 0 aliphatic heterocycles. The molecule has 104 valence electrons. The third kappa shape index (κ3) is 4.71. The fourth-order valence-corrected chi connectivity index (χ4v) is 1.61. The van der Waals surface area contributed by atoms with Gasteiger partial charge in [0.15, 0.2) is 0 Å². The van der Waals surface area contributed by atoms with E-state index in [9.17, 15) is 9.59 Å². The summed E-state index contributed by atoms with van der Waals surface area (Å²) in [6.45, 7) is 3.13. The van der Waals surface area contributed by atoms with Crippen LogP contribution in [0.4, 0.5) is 0 Å². The molecule has 0 fully saturated rings. The first kappa shape index (κ1) is 15.2. The lowest BCUT2D eigenvalue weighted by Gasteiger charge is -2.16. The maximum absolute atomic E-state index is 12.1. The summed E-state index contributed by atoms with van der Waals surface area (Å²) in [5, 5.41) is 2.74. The molecule has 0 atom stereocenters. The molecule has 5 nitrogen and oxygen atoms in total. The Morgan fingerprint density at radius 3 is 2.42 bits per heavy atom. The molecule has 0 saturated heterocycles. The van der Waals surface area contributed by atoms with E-state index in [0.29, 0.717) is 18.7 Å². The van der Waals surface area contributed by atoms with Gasteiger partial charge in [0.2, 0.25) is 5.91 Å². The third-order valence-corrected chi connectivity index (χ3v) is 2.74. The molecule has 1 aromatic rings. The topological polar surface area (TPSA) is 75.4 Å². The average molecular weight is 263 g/mol. The normalized spacial score (nSPS) is 10.1. The number of carbonyl (C=O) groups excluding carboxylic acids is 2. The molecule has 0 spiro atoms. The largest absolute Gasteiger partial charge is 0.355 e. The fraction of sp³-hybridized carbons (Fsp3) is 0.429. The van der Waals surface area contributed by atoms with Crippen LogP contribution in [-0.2, 0) is 11.3 Å². The lowest BCUT2D eigenvalue weighted by Crippen LogP contribution is -2.38. The van der Waals surface area contributed by atoms with E-state index in [0.717, 1.165) is 12.0 Å². The van der Waals surface area contributed by atoms with Gasteiger partial charge in [-0.3, -0.25) is 9.59 Å². The van der Waals surface area contributed by atoms with E-state index in [4.69, 9.17) is 5.73 Å². The molecule has 0 aliphatic carbocycles. The molecule has 1 rings (SSSR count). The number of nitrogens with one attached hydrogen (secondary N) is 1. The summed E-state index contributed by atoms with van der Waals surface area (Å²) < 4.78 is 0. The summed E-state index contributed by atoms with van der Waals surface area (Å²) in [7, 11) is 1.62. The number of carbonyl (C=O) groups is 2. The molecule has 0 aliphatic rings. The van der Waals surface area contributed by atoms with Crippen molar-refractivity contribution in [2.45, 2.75) is 19.9 Å². The maximum Gasteiger partial charge on any atom is 0.254 e. The van der Waals surface area contributed by atoms with Gasteiger partial charge >= 0.3 is 0 Å². The minimum absolute atomic E-state index is 0.0669. The van der Waals surface area contributed by atoms with E-state index in [2.05, 4.69) is 5.32 Å². The van der Waals surface area contributed by atoms with Gasteiger partial charge in [0, 0.05) is 25.7 Å². The van der Waals surface area contributed by atoms with Crippen LogP contribution in [0.3, 0.4) is 0 Å². The molecule has 3 N–H and O–H groups in total. The number of likely N-dealkylation sites (N-methyl/N-ethyl adjacent to an activating group) is 1. The van der Waals surface area contributed by atoms with Crippen LogP contribution in [0, 0.1) is 0 Å². The molecule has 0 aromatic heterocycles. The van der Waals surface area contributed by atoms with Crippen LogP contribution < -0.4 is 11.1 Å². The standard InChI is InChI=1S/C14H21N3O2/c1-3-8-16-13(18)10-17(2)14(19)12-6-4-11(9-15)5-7-12/h4-7H,3,8-10,15H2,1-2H3,(H,16,18). The zero-order valence-electron chi connectivity index (χ0n) is 11.5. The maximum atomic E-state index is 12.1. The van der Waals surface area contributed by atoms with Crippen molar-refractivity contribution in [3.63, 3.8) is 0 Å². The summed E-state index contributed by atoms with van der Waals surface area (Å²) in [5.74, 6) is -0.313. The predicted molar refractivity (Wildman–Crippen MR) is 74.6 cm³/mol. The number of amides is 2. The van der Waals surface area contributed by atoms with E-state index >= 15 is 0 Å². The Kier molecular flexibility index (Phi) is 6.02. The second-order valence-electron chi connectivity index (χ2n) is 4.41. The molecule has 0 bridgehead atoms. The molecule has 0 heterocycles. The predicted octanol–water partition coefficient (Wildman–Crippen LogP) is 0.743. The first-order valence-corrected chi connectivity index (χ1v) is 6.39. The molecular formula is C14H21N3O2. The highest BCUT2D eigenvalue weighted by atomic mass is 16.2. The zero-order chi connectivity index (χ0) is 14.3. The van der Waals surface area contributed by atoms with Crippen molar-refractivity contribution in [1.29, 1.82) is 0 Å². The summed E-state index contributed by atoms with van der Waals surface area (Å²) >= 11 is 0. The second-order valence-corrected chi connectivity index (χ2v) is 4.41. The van der Waals surface area contributed by atoms with E-state index in [1.807, 2.05) is 19.1 Å². The Bertz CT molecular complexity index is 429. The number of rotatable bonds is 6. The molecule has 0 unspecified atom stereocenters. The second kappa shape index (κ2) is 7.53.